The van der Waals surface area contributed by atoms with E-state index in [0.717, 1.165) is 0 Å². The Kier molecular flexibility index (Phi) is 3.60. The molecule has 0 radical (unpaired) electrons. The summed E-state index contributed by atoms with van der Waals surface area (Å²) < 4.78 is 28.1. The number of phenolic OH excluding ortho intramolecular Hbond substituents is 1. The normalized spacial score (nSPS) is 10.4. The lowest BCUT2D eigenvalue weighted by molar-refractivity contribution is -0.116. The molecule has 3 nitrogen and oxygen atoms in total. The van der Waals surface area contributed by atoms with Gasteiger partial charge in [-0.3, -0.25) is 4.79 Å². The molecule has 0 aliphatic heterocycles. The van der Waals surface area contributed by atoms with E-state index in [4.69, 9.17) is 5.11 Å². The van der Waals surface area contributed by atoms with Crippen LogP contribution in [0.15, 0.2) is 18.2 Å². The molecule has 0 spiro atoms. The van der Waals surface area contributed by atoms with Crippen LogP contribution in [0.4, 0.5) is 8.78 Å². The molecule has 0 heterocycles. The van der Waals surface area contributed by atoms with Crippen LogP contribution in [0.1, 0.15) is 12.5 Å². The summed E-state index contributed by atoms with van der Waals surface area (Å²) in [5, 5.41) is 9.13. The van der Waals surface area contributed by atoms with Crippen LogP contribution in [0.5, 0.6) is 11.5 Å². The highest BCUT2D eigenvalue weighted by molar-refractivity contribution is 5.79. The molecule has 0 aliphatic carbocycles. The number of Topliss-reactive ketones (excluding diaryl/α,β-unsaturated/α-hetero) is 1. The minimum Gasteiger partial charge on any atom is -0.508 e. The quantitative estimate of drug-likeness (QED) is 0.838. The summed E-state index contributed by atoms with van der Waals surface area (Å²) in [5.74, 6) is -0.370. The number of benzene rings is 1. The number of alkyl halides is 2. The topological polar surface area (TPSA) is 46.5 Å². The van der Waals surface area contributed by atoms with Gasteiger partial charge in [0.05, 0.1) is 0 Å². The molecule has 1 aromatic rings. The Morgan fingerprint density at radius 2 is 2.20 bits per heavy atom. The Labute approximate surface area is 85.3 Å². The van der Waals surface area contributed by atoms with Gasteiger partial charge in [-0.1, -0.05) is 0 Å². The zero-order valence-electron chi connectivity index (χ0n) is 8.04. The van der Waals surface area contributed by atoms with Gasteiger partial charge in [0.2, 0.25) is 0 Å². The van der Waals surface area contributed by atoms with Crippen LogP contribution in [0, 0.1) is 0 Å². The fourth-order valence-corrected chi connectivity index (χ4v) is 1.18. The highest BCUT2D eigenvalue weighted by Crippen LogP contribution is 2.25. The number of halogens is 2. The molecule has 0 bridgehead atoms. The maximum Gasteiger partial charge on any atom is 0.387 e. The third-order valence-electron chi connectivity index (χ3n) is 1.70. The minimum atomic E-state index is -2.94. The summed E-state index contributed by atoms with van der Waals surface area (Å²) in [5.41, 5.74) is 0.253. The first-order valence-corrected chi connectivity index (χ1v) is 4.25. The number of aromatic hydroxyl groups is 1. The Morgan fingerprint density at radius 3 is 2.73 bits per heavy atom. The molecule has 0 fully saturated rings. The first kappa shape index (κ1) is 11.4. The van der Waals surface area contributed by atoms with E-state index in [1.54, 1.807) is 0 Å². The average molecular weight is 216 g/mol. The van der Waals surface area contributed by atoms with Gasteiger partial charge < -0.3 is 9.84 Å². The van der Waals surface area contributed by atoms with Crippen molar-refractivity contribution in [3.8, 4) is 11.5 Å². The van der Waals surface area contributed by atoms with Crippen LogP contribution in [0.3, 0.4) is 0 Å². The van der Waals surface area contributed by atoms with Crippen LogP contribution < -0.4 is 4.74 Å². The van der Waals surface area contributed by atoms with Crippen LogP contribution in [0.25, 0.3) is 0 Å². The monoisotopic (exact) mass is 216 g/mol. The molecular weight excluding hydrogens is 206 g/mol. The number of hydrogen-bond donors (Lipinski definition) is 1. The van der Waals surface area contributed by atoms with Crippen molar-refractivity contribution in [1.29, 1.82) is 0 Å². The standard InChI is InChI=1S/C10H10F2O3/c1-6(13)4-7-5-8(14)2-3-9(7)15-10(11)12/h2-3,5,10,14H,4H2,1H3. The molecule has 5 heteroatoms. The van der Waals surface area contributed by atoms with Crippen LogP contribution in [-0.4, -0.2) is 17.5 Å². The van der Waals surface area contributed by atoms with Crippen LogP contribution >= 0.6 is 0 Å². The van der Waals surface area contributed by atoms with Gasteiger partial charge in [-0.15, -0.1) is 0 Å². The molecule has 15 heavy (non-hydrogen) atoms. The van der Waals surface area contributed by atoms with Gasteiger partial charge in [-0.2, -0.15) is 8.78 Å². The molecule has 0 amide bonds. The Hall–Kier alpha value is -1.65. The second-order valence-corrected chi connectivity index (χ2v) is 3.05. The second-order valence-electron chi connectivity index (χ2n) is 3.05. The molecule has 0 atom stereocenters. The molecule has 0 aliphatic rings. The van der Waals surface area contributed by atoms with Crippen LogP contribution in [0.2, 0.25) is 0 Å². The van der Waals surface area contributed by atoms with Crippen molar-refractivity contribution in [2.75, 3.05) is 0 Å². The Balaban J connectivity index is 2.97. The summed E-state index contributed by atoms with van der Waals surface area (Å²) in [4.78, 5) is 10.8. The highest BCUT2D eigenvalue weighted by atomic mass is 19.3. The largest absolute Gasteiger partial charge is 0.508 e. The average Bonchev–Trinajstić information content (AvgIpc) is 2.08. The summed E-state index contributed by atoms with van der Waals surface area (Å²) in [6.07, 6.45) is -0.0452. The lowest BCUT2D eigenvalue weighted by atomic mass is 10.1. The van der Waals surface area contributed by atoms with E-state index in [9.17, 15) is 13.6 Å². The molecule has 0 aromatic heterocycles. The van der Waals surface area contributed by atoms with Gasteiger partial charge >= 0.3 is 6.61 Å². The SMILES string of the molecule is CC(=O)Cc1cc(O)ccc1OC(F)F. The van der Waals surface area contributed by atoms with Gasteiger partial charge in [0.15, 0.2) is 0 Å². The molecule has 1 aromatic carbocycles. The lowest BCUT2D eigenvalue weighted by Gasteiger charge is -2.09. The van der Waals surface area contributed by atoms with Gasteiger partial charge in [0.1, 0.15) is 17.3 Å². The zero-order chi connectivity index (χ0) is 11.4. The van der Waals surface area contributed by atoms with Crippen molar-refractivity contribution in [2.45, 2.75) is 20.0 Å². The number of phenols is 1. The molecule has 1 N–H and O–H groups in total. The van der Waals surface area contributed by atoms with Crippen LogP contribution in [-0.2, 0) is 11.2 Å². The summed E-state index contributed by atoms with van der Waals surface area (Å²) in [6.45, 7) is -1.61. The smallest absolute Gasteiger partial charge is 0.387 e. The Bertz CT molecular complexity index is 364. The number of carbonyl (C=O) groups excluding carboxylic acids is 1. The van der Waals surface area contributed by atoms with Crippen molar-refractivity contribution in [1.82, 2.24) is 0 Å². The number of hydrogen-bond acceptors (Lipinski definition) is 3. The molecular formula is C10H10F2O3. The fraction of sp³-hybridized carbons (Fsp3) is 0.300. The molecule has 0 saturated heterocycles. The van der Waals surface area contributed by atoms with Crippen molar-refractivity contribution < 1.29 is 23.4 Å². The fourth-order valence-electron chi connectivity index (χ4n) is 1.18. The summed E-state index contributed by atoms with van der Waals surface area (Å²) in [6, 6.07) is 3.67. The van der Waals surface area contributed by atoms with Gasteiger partial charge in [-0.05, 0) is 25.1 Å². The van der Waals surface area contributed by atoms with E-state index in [-0.39, 0.29) is 29.3 Å². The van der Waals surface area contributed by atoms with E-state index in [1.807, 2.05) is 0 Å². The van der Waals surface area contributed by atoms with E-state index >= 15 is 0 Å². The second kappa shape index (κ2) is 4.72. The molecule has 82 valence electrons. The van der Waals surface area contributed by atoms with E-state index < -0.39 is 6.61 Å². The van der Waals surface area contributed by atoms with E-state index in [0.29, 0.717) is 0 Å². The third-order valence-corrected chi connectivity index (χ3v) is 1.70. The molecule has 1 rings (SSSR count). The predicted octanol–water partition coefficient (Wildman–Crippen LogP) is 2.13. The maximum absolute atomic E-state index is 12.0. The number of ketones is 1. The first-order valence-electron chi connectivity index (χ1n) is 4.25. The predicted molar refractivity (Wildman–Crippen MR) is 49.1 cm³/mol. The maximum atomic E-state index is 12.0. The van der Waals surface area contributed by atoms with Crippen molar-refractivity contribution >= 4 is 5.78 Å². The number of ether oxygens (including phenoxy) is 1. The minimum absolute atomic E-state index is 0.0452. The number of carbonyl (C=O) groups is 1. The van der Waals surface area contributed by atoms with Crippen molar-refractivity contribution in [3.63, 3.8) is 0 Å². The molecule has 0 saturated carbocycles. The zero-order valence-corrected chi connectivity index (χ0v) is 8.04. The summed E-state index contributed by atoms with van der Waals surface area (Å²) >= 11 is 0. The third kappa shape index (κ3) is 3.53. The lowest BCUT2D eigenvalue weighted by Crippen LogP contribution is -2.06. The van der Waals surface area contributed by atoms with Crippen molar-refractivity contribution in [2.24, 2.45) is 0 Å². The van der Waals surface area contributed by atoms with Crippen molar-refractivity contribution in [3.05, 3.63) is 23.8 Å². The van der Waals surface area contributed by atoms with E-state index in [2.05, 4.69) is 4.74 Å². The van der Waals surface area contributed by atoms with Gasteiger partial charge in [-0.25, -0.2) is 0 Å². The highest BCUT2D eigenvalue weighted by Gasteiger charge is 2.11. The molecule has 0 unspecified atom stereocenters. The first-order chi connectivity index (χ1) is 6.99. The van der Waals surface area contributed by atoms with E-state index in [1.165, 1.54) is 25.1 Å². The summed E-state index contributed by atoms with van der Waals surface area (Å²) in [7, 11) is 0. The Morgan fingerprint density at radius 1 is 1.53 bits per heavy atom. The number of rotatable bonds is 4. The van der Waals surface area contributed by atoms with Gasteiger partial charge in [0, 0.05) is 12.0 Å². The van der Waals surface area contributed by atoms with Gasteiger partial charge in [0.25, 0.3) is 0 Å².